The number of ether oxygens (including phenoxy) is 2. The number of aromatic nitrogens is 1. The molecule has 3 aromatic rings. The summed E-state index contributed by atoms with van der Waals surface area (Å²) < 4.78 is 12.2. The molecule has 1 aliphatic rings. The number of fused-ring (bicyclic) bond motifs is 1. The van der Waals surface area contributed by atoms with Crippen LogP contribution in [0.4, 0.5) is 0 Å². The first-order chi connectivity index (χ1) is 13.2. The maximum atomic E-state index is 5.53. The topological polar surface area (TPSA) is 40.2 Å². The van der Waals surface area contributed by atoms with Crippen LogP contribution in [0.1, 0.15) is 10.6 Å². The predicted octanol–water partition coefficient (Wildman–Crippen LogP) is 0.797. The summed E-state index contributed by atoms with van der Waals surface area (Å²) in [5.41, 5.74) is 2.35. The SMILES string of the molecule is COc1ccc(OC)c(C[NH+]2CC[NH+](Cc3nc4ccccc4s3)CC2)c1. The van der Waals surface area contributed by atoms with Gasteiger partial charge in [-0.25, -0.2) is 4.98 Å². The van der Waals surface area contributed by atoms with Crippen molar-refractivity contribution in [1.29, 1.82) is 0 Å². The minimum Gasteiger partial charge on any atom is -0.497 e. The van der Waals surface area contributed by atoms with Gasteiger partial charge in [0.1, 0.15) is 55.8 Å². The number of benzene rings is 2. The summed E-state index contributed by atoms with van der Waals surface area (Å²) in [6, 6.07) is 14.5. The Kier molecular flexibility index (Phi) is 5.57. The molecular formula is C21H27N3O2S+2. The van der Waals surface area contributed by atoms with Crippen LogP contribution in [-0.4, -0.2) is 45.4 Å². The molecule has 4 rings (SSSR count). The Morgan fingerprint density at radius 3 is 2.37 bits per heavy atom. The fourth-order valence-electron chi connectivity index (χ4n) is 3.81. The van der Waals surface area contributed by atoms with E-state index in [9.17, 15) is 0 Å². The van der Waals surface area contributed by atoms with E-state index in [1.165, 1.54) is 41.5 Å². The molecule has 2 N–H and O–H groups in total. The first-order valence-electron chi connectivity index (χ1n) is 9.47. The van der Waals surface area contributed by atoms with Gasteiger partial charge in [0.15, 0.2) is 0 Å². The first kappa shape index (κ1) is 18.2. The Morgan fingerprint density at radius 1 is 0.926 bits per heavy atom. The van der Waals surface area contributed by atoms with Gasteiger partial charge in [-0.15, -0.1) is 11.3 Å². The van der Waals surface area contributed by atoms with Crippen molar-refractivity contribution >= 4 is 21.6 Å². The molecule has 0 saturated carbocycles. The van der Waals surface area contributed by atoms with Gasteiger partial charge >= 0.3 is 0 Å². The van der Waals surface area contributed by atoms with Crippen molar-refractivity contribution in [2.45, 2.75) is 13.1 Å². The highest BCUT2D eigenvalue weighted by Gasteiger charge is 2.25. The third kappa shape index (κ3) is 4.24. The van der Waals surface area contributed by atoms with Gasteiger partial charge in [0.25, 0.3) is 0 Å². The second-order valence-corrected chi connectivity index (χ2v) is 8.22. The highest BCUT2D eigenvalue weighted by Crippen LogP contribution is 2.23. The van der Waals surface area contributed by atoms with Crippen LogP contribution in [0.5, 0.6) is 11.5 Å². The molecule has 0 amide bonds. The molecule has 0 radical (unpaired) electrons. The molecule has 0 spiro atoms. The van der Waals surface area contributed by atoms with Gasteiger partial charge in [-0.2, -0.15) is 0 Å². The highest BCUT2D eigenvalue weighted by molar-refractivity contribution is 7.18. The number of para-hydroxylation sites is 1. The van der Waals surface area contributed by atoms with E-state index in [0.29, 0.717) is 0 Å². The molecule has 1 aliphatic heterocycles. The fourth-order valence-corrected chi connectivity index (χ4v) is 4.85. The molecule has 0 unspecified atom stereocenters. The predicted molar refractivity (Wildman–Crippen MR) is 108 cm³/mol. The third-order valence-corrected chi connectivity index (χ3v) is 6.37. The van der Waals surface area contributed by atoms with Crippen molar-refractivity contribution in [3.63, 3.8) is 0 Å². The second-order valence-electron chi connectivity index (χ2n) is 7.11. The lowest BCUT2D eigenvalue weighted by Crippen LogP contribution is -3.27. The maximum absolute atomic E-state index is 5.53. The lowest BCUT2D eigenvalue weighted by Gasteiger charge is -2.29. The minimum atomic E-state index is 0.894. The number of rotatable bonds is 6. The standard InChI is InChI=1S/C21H25N3O2S/c1-25-17-7-8-19(26-2)16(13-17)14-23-9-11-24(12-10-23)15-21-22-18-5-3-4-6-20(18)27-21/h3-8,13H,9-12,14-15H2,1-2H3/p+2. The monoisotopic (exact) mass is 385 g/mol. The number of methoxy groups -OCH3 is 2. The van der Waals surface area contributed by atoms with Crippen LogP contribution in [0, 0.1) is 0 Å². The number of thiazole rings is 1. The van der Waals surface area contributed by atoms with Gasteiger partial charge in [0.05, 0.1) is 30.0 Å². The zero-order valence-corrected chi connectivity index (χ0v) is 16.8. The van der Waals surface area contributed by atoms with Crippen LogP contribution in [-0.2, 0) is 13.1 Å². The number of hydrogen-bond donors (Lipinski definition) is 2. The average Bonchev–Trinajstić information content (AvgIpc) is 3.11. The molecule has 2 heterocycles. The van der Waals surface area contributed by atoms with E-state index in [1.807, 2.05) is 23.5 Å². The van der Waals surface area contributed by atoms with Crippen LogP contribution in [0.15, 0.2) is 42.5 Å². The molecule has 142 valence electrons. The Morgan fingerprint density at radius 2 is 1.67 bits per heavy atom. The van der Waals surface area contributed by atoms with E-state index in [-0.39, 0.29) is 0 Å². The van der Waals surface area contributed by atoms with Gasteiger partial charge in [-0.3, -0.25) is 0 Å². The normalized spacial score (nSPS) is 19.9. The second kappa shape index (κ2) is 8.25. The molecular weight excluding hydrogens is 358 g/mol. The van der Waals surface area contributed by atoms with E-state index in [0.717, 1.165) is 30.1 Å². The number of quaternary nitrogens is 2. The van der Waals surface area contributed by atoms with Crippen LogP contribution in [0.25, 0.3) is 10.2 Å². The van der Waals surface area contributed by atoms with Crippen LogP contribution < -0.4 is 19.3 Å². The van der Waals surface area contributed by atoms with Crippen molar-refractivity contribution in [3.8, 4) is 11.5 Å². The van der Waals surface area contributed by atoms with Crippen LogP contribution >= 0.6 is 11.3 Å². The summed E-state index contributed by atoms with van der Waals surface area (Å²) >= 11 is 1.83. The third-order valence-electron chi connectivity index (χ3n) is 5.33. The Balaban J connectivity index is 1.35. The summed E-state index contributed by atoms with van der Waals surface area (Å²) in [5, 5.41) is 1.25. The van der Waals surface area contributed by atoms with Crippen molar-refractivity contribution < 1.29 is 19.3 Å². The van der Waals surface area contributed by atoms with Crippen LogP contribution in [0.3, 0.4) is 0 Å². The van der Waals surface area contributed by atoms with Crippen molar-refractivity contribution in [1.82, 2.24) is 4.98 Å². The van der Waals surface area contributed by atoms with Crippen molar-refractivity contribution in [2.75, 3.05) is 40.4 Å². The quantitative estimate of drug-likeness (QED) is 0.659. The van der Waals surface area contributed by atoms with Gasteiger partial charge < -0.3 is 19.3 Å². The average molecular weight is 386 g/mol. The molecule has 1 saturated heterocycles. The summed E-state index contributed by atoms with van der Waals surface area (Å²) in [5.74, 6) is 1.85. The molecule has 0 aliphatic carbocycles. The summed E-state index contributed by atoms with van der Waals surface area (Å²) in [7, 11) is 3.45. The lowest BCUT2D eigenvalue weighted by atomic mass is 10.1. The molecule has 2 aromatic carbocycles. The molecule has 6 heteroatoms. The zero-order chi connectivity index (χ0) is 18.6. The van der Waals surface area contributed by atoms with Gasteiger partial charge in [0.2, 0.25) is 0 Å². The zero-order valence-electron chi connectivity index (χ0n) is 16.0. The Hall–Kier alpha value is -2.15. The molecule has 1 aromatic heterocycles. The van der Waals surface area contributed by atoms with Crippen molar-refractivity contribution in [2.24, 2.45) is 0 Å². The molecule has 1 fully saturated rings. The van der Waals surface area contributed by atoms with Crippen molar-refractivity contribution in [3.05, 3.63) is 53.0 Å². The number of hydrogen-bond acceptors (Lipinski definition) is 4. The molecule has 5 nitrogen and oxygen atoms in total. The summed E-state index contributed by atoms with van der Waals surface area (Å²) in [6.45, 7) is 6.71. The largest absolute Gasteiger partial charge is 0.497 e. The first-order valence-corrected chi connectivity index (χ1v) is 10.3. The lowest BCUT2D eigenvalue weighted by molar-refractivity contribution is -1.02. The number of piperazine rings is 1. The Bertz CT molecular complexity index is 870. The molecule has 0 bridgehead atoms. The number of nitrogens with one attached hydrogen (secondary N) is 2. The molecule has 27 heavy (non-hydrogen) atoms. The van der Waals surface area contributed by atoms with Gasteiger partial charge in [-0.1, -0.05) is 12.1 Å². The van der Waals surface area contributed by atoms with Crippen LogP contribution in [0.2, 0.25) is 0 Å². The highest BCUT2D eigenvalue weighted by atomic mass is 32.1. The summed E-state index contributed by atoms with van der Waals surface area (Å²) in [4.78, 5) is 8.04. The van der Waals surface area contributed by atoms with Gasteiger partial charge in [-0.05, 0) is 30.3 Å². The van der Waals surface area contributed by atoms with E-state index in [2.05, 4.69) is 30.3 Å². The Labute approximate surface area is 164 Å². The fraction of sp³-hybridized carbons (Fsp3) is 0.381. The summed E-state index contributed by atoms with van der Waals surface area (Å²) in [6.07, 6.45) is 0. The van der Waals surface area contributed by atoms with E-state index in [1.54, 1.807) is 24.0 Å². The van der Waals surface area contributed by atoms with Gasteiger partial charge in [0, 0.05) is 0 Å². The van der Waals surface area contributed by atoms with E-state index in [4.69, 9.17) is 14.5 Å². The smallest absolute Gasteiger partial charge is 0.148 e. The van der Waals surface area contributed by atoms with E-state index < -0.39 is 0 Å². The minimum absolute atomic E-state index is 0.894. The molecule has 0 atom stereocenters. The number of nitrogens with zero attached hydrogens (tertiary/aromatic N) is 1. The maximum Gasteiger partial charge on any atom is 0.148 e. The van der Waals surface area contributed by atoms with E-state index >= 15 is 0 Å².